The average Bonchev–Trinajstić information content (AvgIpc) is 2.58. The first-order valence-corrected chi connectivity index (χ1v) is 10.2. The van der Waals surface area contributed by atoms with E-state index in [1.165, 1.54) is 30.3 Å². The minimum absolute atomic E-state index is 0.0803. The van der Waals surface area contributed by atoms with Crippen LogP contribution in [0.3, 0.4) is 0 Å². The predicted molar refractivity (Wildman–Crippen MR) is 105 cm³/mol. The maximum absolute atomic E-state index is 12.7. The van der Waals surface area contributed by atoms with E-state index in [4.69, 9.17) is 16.7 Å². The number of carbonyl (C=O) groups is 2. The number of benzene rings is 2. The first-order valence-electron chi connectivity index (χ1n) is 8.02. The first-order chi connectivity index (χ1) is 12.6. The molecule has 0 bridgehead atoms. The van der Waals surface area contributed by atoms with Crippen LogP contribution in [-0.2, 0) is 14.8 Å². The maximum atomic E-state index is 12.7. The summed E-state index contributed by atoms with van der Waals surface area (Å²) in [6.07, 6.45) is 1.24. The van der Waals surface area contributed by atoms with Crippen molar-refractivity contribution < 1.29 is 23.1 Å². The van der Waals surface area contributed by atoms with Gasteiger partial charge in [-0.2, -0.15) is 0 Å². The Bertz CT molecular complexity index is 944. The molecule has 0 aliphatic heterocycles. The van der Waals surface area contributed by atoms with Gasteiger partial charge in [-0.1, -0.05) is 24.6 Å². The summed E-state index contributed by atoms with van der Waals surface area (Å²) in [5, 5.41) is 11.9. The van der Waals surface area contributed by atoms with Crippen molar-refractivity contribution in [2.45, 2.75) is 19.4 Å². The topological polar surface area (TPSA) is 104 Å². The number of halogens is 1. The van der Waals surface area contributed by atoms with Crippen LogP contribution in [0.15, 0.2) is 48.5 Å². The fraction of sp³-hybridized carbons (Fsp3) is 0.222. The molecule has 2 aromatic carbocycles. The molecule has 0 aromatic heterocycles. The highest BCUT2D eigenvalue weighted by Gasteiger charge is 2.31. The molecule has 0 saturated heterocycles. The van der Waals surface area contributed by atoms with Crippen LogP contribution in [0.2, 0.25) is 5.02 Å². The van der Waals surface area contributed by atoms with Crippen molar-refractivity contribution >= 4 is 44.9 Å². The fourth-order valence-corrected chi connectivity index (χ4v) is 3.98. The number of sulfonamides is 1. The van der Waals surface area contributed by atoms with Gasteiger partial charge in [0.2, 0.25) is 15.9 Å². The van der Waals surface area contributed by atoms with Gasteiger partial charge in [0.15, 0.2) is 0 Å². The van der Waals surface area contributed by atoms with Crippen molar-refractivity contribution in [1.82, 2.24) is 0 Å². The molecule has 7 nitrogen and oxygen atoms in total. The molecule has 0 unspecified atom stereocenters. The van der Waals surface area contributed by atoms with E-state index >= 15 is 0 Å². The van der Waals surface area contributed by atoms with Crippen LogP contribution in [-0.4, -0.2) is 37.7 Å². The highest BCUT2D eigenvalue weighted by atomic mass is 35.5. The number of hydrogen-bond acceptors (Lipinski definition) is 4. The Morgan fingerprint density at radius 1 is 1.19 bits per heavy atom. The van der Waals surface area contributed by atoms with Crippen molar-refractivity contribution in [2.24, 2.45) is 0 Å². The number of carbonyl (C=O) groups excluding carboxylic acids is 1. The molecular weight excluding hydrogens is 392 g/mol. The Hall–Kier alpha value is -2.58. The molecule has 1 amide bonds. The molecule has 2 rings (SSSR count). The minimum Gasteiger partial charge on any atom is -0.478 e. The molecule has 0 fully saturated rings. The lowest BCUT2D eigenvalue weighted by molar-refractivity contribution is -0.117. The van der Waals surface area contributed by atoms with Crippen molar-refractivity contribution in [3.05, 3.63) is 59.1 Å². The number of anilines is 2. The van der Waals surface area contributed by atoms with E-state index in [2.05, 4.69) is 5.32 Å². The lowest BCUT2D eigenvalue weighted by Gasteiger charge is -2.30. The Balaban J connectivity index is 2.33. The normalized spacial score (nSPS) is 12.3. The second-order valence-electron chi connectivity index (χ2n) is 5.83. The molecule has 9 heteroatoms. The number of rotatable bonds is 7. The number of carboxylic acid groups (broad SMARTS) is 1. The molecular formula is C18H19ClN2O5S. The molecule has 144 valence electrons. The zero-order valence-corrected chi connectivity index (χ0v) is 16.3. The van der Waals surface area contributed by atoms with Crippen molar-refractivity contribution in [2.75, 3.05) is 15.9 Å². The number of nitrogens with zero attached hydrogens (tertiary/aromatic N) is 1. The van der Waals surface area contributed by atoms with Crippen LogP contribution in [0.25, 0.3) is 0 Å². The van der Waals surface area contributed by atoms with E-state index in [0.717, 1.165) is 10.6 Å². The molecule has 2 aromatic rings. The Labute approximate surface area is 162 Å². The number of nitrogens with one attached hydrogen (secondary N) is 1. The number of aromatic carboxylic acids is 1. The second-order valence-corrected chi connectivity index (χ2v) is 8.13. The highest BCUT2D eigenvalue weighted by molar-refractivity contribution is 7.92. The standard InChI is InChI=1S/C18H19ClN2O5S/c1-3-16(17(22)20-14-9-7-12(8-10-14)18(23)24)21(27(2,25)26)15-6-4-5-13(19)11-15/h4-11,16H,3H2,1-2H3,(H,20,22)(H,23,24)/t16-/m1/s1. The third kappa shape index (κ3) is 5.21. The minimum atomic E-state index is -3.77. The molecule has 2 N–H and O–H groups in total. The van der Waals surface area contributed by atoms with E-state index in [-0.39, 0.29) is 17.7 Å². The third-order valence-electron chi connectivity index (χ3n) is 3.79. The fourth-order valence-electron chi connectivity index (χ4n) is 2.60. The summed E-state index contributed by atoms with van der Waals surface area (Å²) >= 11 is 5.97. The average molecular weight is 411 g/mol. The van der Waals surface area contributed by atoms with E-state index in [9.17, 15) is 18.0 Å². The number of amides is 1. The predicted octanol–water partition coefficient (Wildman–Crippen LogP) is 3.22. The summed E-state index contributed by atoms with van der Waals surface area (Å²) in [6.45, 7) is 1.69. The van der Waals surface area contributed by atoms with Gasteiger partial charge in [0, 0.05) is 10.7 Å². The van der Waals surface area contributed by atoms with E-state index in [0.29, 0.717) is 10.7 Å². The van der Waals surface area contributed by atoms with Crippen LogP contribution in [0, 0.1) is 0 Å². The molecule has 27 heavy (non-hydrogen) atoms. The van der Waals surface area contributed by atoms with Gasteiger partial charge in [-0.25, -0.2) is 13.2 Å². The Morgan fingerprint density at radius 2 is 1.81 bits per heavy atom. The van der Waals surface area contributed by atoms with Gasteiger partial charge in [-0.05, 0) is 48.9 Å². The van der Waals surface area contributed by atoms with Gasteiger partial charge in [0.25, 0.3) is 0 Å². The number of hydrogen-bond donors (Lipinski definition) is 2. The van der Waals surface area contributed by atoms with Crippen LogP contribution in [0.4, 0.5) is 11.4 Å². The maximum Gasteiger partial charge on any atom is 0.335 e. The van der Waals surface area contributed by atoms with Crippen molar-refractivity contribution in [3.63, 3.8) is 0 Å². The molecule has 0 aliphatic rings. The van der Waals surface area contributed by atoms with Gasteiger partial charge in [0.1, 0.15) is 6.04 Å². The van der Waals surface area contributed by atoms with Crippen LogP contribution in [0.5, 0.6) is 0 Å². The summed E-state index contributed by atoms with van der Waals surface area (Å²) in [5.41, 5.74) is 0.730. The van der Waals surface area contributed by atoms with Crippen LogP contribution in [0.1, 0.15) is 23.7 Å². The van der Waals surface area contributed by atoms with Gasteiger partial charge in [0.05, 0.1) is 17.5 Å². The lowest BCUT2D eigenvalue weighted by Crippen LogP contribution is -2.47. The smallest absolute Gasteiger partial charge is 0.335 e. The van der Waals surface area contributed by atoms with Gasteiger partial charge >= 0.3 is 5.97 Å². The van der Waals surface area contributed by atoms with Gasteiger partial charge in [-0.15, -0.1) is 0 Å². The van der Waals surface area contributed by atoms with Gasteiger partial charge < -0.3 is 10.4 Å². The third-order valence-corrected chi connectivity index (χ3v) is 5.21. The summed E-state index contributed by atoms with van der Waals surface area (Å²) in [5.74, 6) is -1.62. The number of carboxylic acids is 1. The van der Waals surface area contributed by atoms with E-state index in [1.54, 1.807) is 25.1 Å². The zero-order valence-electron chi connectivity index (χ0n) is 14.7. The quantitative estimate of drug-likeness (QED) is 0.729. The second kappa shape index (κ2) is 8.41. The summed E-state index contributed by atoms with van der Waals surface area (Å²) in [6, 6.07) is 10.8. The monoisotopic (exact) mass is 410 g/mol. The summed E-state index contributed by atoms with van der Waals surface area (Å²) < 4.78 is 25.7. The molecule has 1 atom stereocenters. The summed E-state index contributed by atoms with van der Waals surface area (Å²) in [4.78, 5) is 23.6. The van der Waals surface area contributed by atoms with Crippen LogP contribution < -0.4 is 9.62 Å². The molecule has 0 radical (unpaired) electrons. The highest BCUT2D eigenvalue weighted by Crippen LogP contribution is 2.26. The van der Waals surface area contributed by atoms with Crippen molar-refractivity contribution in [1.29, 1.82) is 0 Å². The zero-order chi connectivity index (χ0) is 20.2. The van der Waals surface area contributed by atoms with E-state index < -0.39 is 27.9 Å². The Morgan fingerprint density at radius 3 is 2.30 bits per heavy atom. The largest absolute Gasteiger partial charge is 0.478 e. The molecule has 0 saturated carbocycles. The Kier molecular flexibility index (Phi) is 6.45. The first kappa shape index (κ1) is 20.7. The van der Waals surface area contributed by atoms with Crippen molar-refractivity contribution in [3.8, 4) is 0 Å². The SMILES string of the molecule is CC[C@H](C(=O)Nc1ccc(C(=O)O)cc1)N(c1cccc(Cl)c1)S(C)(=O)=O. The molecule has 0 aliphatic carbocycles. The van der Waals surface area contributed by atoms with Crippen LogP contribution >= 0.6 is 11.6 Å². The van der Waals surface area contributed by atoms with Gasteiger partial charge in [-0.3, -0.25) is 9.10 Å². The lowest BCUT2D eigenvalue weighted by atomic mass is 10.1. The molecule has 0 spiro atoms. The van der Waals surface area contributed by atoms with E-state index in [1.807, 2.05) is 0 Å². The molecule has 0 heterocycles. The summed E-state index contributed by atoms with van der Waals surface area (Å²) in [7, 11) is -3.77.